The molecule has 3 aromatic rings. The summed E-state index contributed by atoms with van der Waals surface area (Å²) in [5.74, 6) is 0. The van der Waals surface area contributed by atoms with Gasteiger partial charge in [-0.3, -0.25) is 18.9 Å². The molecule has 0 radical (unpaired) electrons. The van der Waals surface area contributed by atoms with Gasteiger partial charge in [-0.1, -0.05) is 11.6 Å². The summed E-state index contributed by atoms with van der Waals surface area (Å²) in [6.07, 6.45) is 5.20. The molecule has 0 unspecified atom stereocenters. The number of nitrogens with zero attached hydrogens (tertiary/aromatic N) is 5. The van der Waals surface area contributed by atoms with Crippen LogP contribution in [0.15, 0.2) is 45.8 Å². The average molecular weight is 360 g/mol. The highest BCUT2D eigenvalue weighted by molar-refractivity contribution is 6.29. The Bertz CT molecular complexity index is 1070. The van der Waals surface area contributed by atoms with Gasteiger partial charge < -0.3 is 4.57 Å². The van der Waals surface area contributed by atoms with Gasteiger partial charge in [0.2, 0.25) is 5.28 Å². The van der Waals surface area contributed by atoms with Crippen molar-refractivity contribution in [2.45, 2.75) is 26.9 Å². The van der Waals surface area contributed by atoms with Crippen LogP contribution in [0.1, 0.15) is 19.4 Å². The number of aryl methyl sites for hydroxylation is 1. The minimum Gasteiger partial charge on any atom is -0.305 e. The van der Waals surface area contributed by atoms with E-state index in [1.54, 1.807) is 36.1 Å². The van der Waals surface area contributed by atoms with Crippen LogP contribution in [0.5, 0.6) is 0 Å². The molecule has 0 fully saturated rings. The Balaban J connectivity index is 2.25. The summed E-state index contributed by atoms with van der Waals surface area (Å²) in [7, 11) is 1.59. The van der Waals surface area contributed by atoms with Gasteiger partial charge in [-0.2, -0.15) is 4.98 Å². The van der Waals surface area contributed by atoms with E-state index in [9.17, 15) is 9.59 Å². The van der Waals surface area contributed by atoms with Gasteiger partial charge in [-0.05, 0) is 43.1 Å². The Kier molecular flexibility index (Phi) is 4.59. The van der Waals surface area contributed by atoms with Gasteiger partial charge in [0.25, 0.3) is 5.56 Å². The van der Waals surface area contributed by atoms with Crippen LogP contribution >= 0.6 is 11.6 Å². The highest BCUT2D eigenvalue weighted by Crippen LogP contribution is 2.16. The van der Waals surface area contributed by atoms with Gasteiger partial charge in [0, 0.05) is 26.0 Å². The highest BCUT2D eigenvalue weighted by Gasteiger charge is 2.19. The third-order valence-electron chi connectivity index (χ3n) is 3.96. The number of allylic oxidation sites excluding steroid dienone is 2. The van der Waals surface area contributed by atoms with E-state index in [0.717, 1.165) is 11.1 Å². The number of aromatic nitrogens is 5. The molecule has 0 amide bonds. The van der Waals surface area contributed by atoms with E-state index in [0.29, 0.717) is 12.1 Å². The highest BCUT2D eigenvalue weighted by atomic mass is 35.5. The molecule has 3 aromatic heterocycles. The van der Waals surface area contributed by atoms with Crippen LogP contribution in [0.4, 0.5) is 0 Å². The summed E-state index contributed by atoms with van der Waals surface area (Å²) in [4.78, 5) is 33.7. The Morgan fingerprint density at radius 2 is 1.88 bits per heavy atom. The molecule has 25 heavy (non-hydrogen) atoms. The summed E-state index contributed by atoms with van der Waals surface area (Å²) in [5, 5.41) is 0.182. The lowest BCUT2D eigenvalue weighted by atomic mass is 10.2. The lowest BCUT2D eigenvalue weighted by Crippen LogP contribution is -2.40. The molecule has 3 heterocycles. The predicted octanol–water partition coefficient (Wildman–Crippen LogP) is 1.96. The summed E-state index contributed by atoms with van der Waals surface area (Å²) in [6, 6.07) is 3.53. The molecule has 0 aliphatic heterocycles. The van der Waals surface area contributed by atoms with Crippen molar-refractivity contribution in [1.29, 1.82) is 0 Å². The fourth-order valence-corrected chi connectivity index (χ4v) is 2.83. The molecule has 0 spiro atoms. The van der Waals surface area contributed by atoms with E-state index < -0.39 is 11.2 Å². The third-order valence-corrected chi connectivity index (χ3v) is 4.25. The van der Waals surface area contributed by atoms with Gasteiger partial charge in [-0.15, -0.1) is 0 Å². The van der Waals surface area contributed by atoms with E-state index in [-0.39, 0.29) is 17.5 Å². The molecule has 0 atom stereocenters. The van der Waals surface area contributed by atoms with Crippen LogP contribution in [-0.2, 0) is 20.1 Å². The number of fused-ring (bicyclic) bond motifs is 1. The zero-order valence-electron chi connectivity index (χ0n) is 14.2. The second-order valence-corrected chi connectivity index (χ2v) is 6.37. The van der Waals surface area contributed by atoms with Crippen molar-refractivity contribution in [2.24, 2.45) is 7.05 Å². The smallest absolute Gasteiger partial charge is 0.305 e. The minimum absolute atomic E-state index is 0.162. The average Bonchev–Trinajstić information content (AvgIpc) is 2.92. The van der Waals surface area contributed by atoms with Crippen molar-refractivity contribution in [3.8, 4) is 0 Å². The topological polar surface area (TPSA) is 74.7 Å². The van der Waals surface area contributed by atoms with Crippen LogP contribution in [0.25, 0.3) is 11.2 Å². The second-order valence-electron chi connectivity index (χ2n) is 6.03. The maximum Gasteiger partial charge on any atom is 0.332 e. The molecular weight excluding hydrogens is 342 g/mol. The zero-order valence-corrected chi connectivity index (χ0v) is 15.0. The fourth-order valence-electron chi connectivity index (χ4n) is 2.60. The van der Waals surface area contributed by atoms with Gasteiger partial charge in [0.1, 0.15) is 0 Å². The lowest BCUT2D eigenvalue weighted by Gasteiger charge is -2.09. The first-order valence-corrected chi connectivity index (χ1v) is 8.15. The van der Waals surface area contributed by atoms with E-state index in [1.165, 1.54) is 9.13 Å². The molecule has 0 aliphatic carbocycles. The number of imidazole rings is 1. The zero-order chi connectivity index (χ0) is 18.1. The van der Waals surface area contributed by atoms with Crippen molar-refractivity contribution < 1.29 is 0 Å². The van der Waals surface area contributed by atoms with Crippen molar-refractivity contribution in [3.05, 3.63) is 67.9 Å². The van der Waals surface area contributed by atoms with Crippen LogP contribution in [0.3, 0.4) is 0 Å². The Labute approximate surface area is 148 Å². The molecule has 3 rings (SSSR count). The molecule has 0 aliphatic rings. The second kappa shape index (κ2) is 6.68. The normalized spacial score (nSPS) is 11.0. The van der Waals surface area contributed by atoms with E-state index in [2.05, 4.69) is 9.97 Å². The third kappa shape index (κ3) is 3.15. The SMILES string of the molecule is CC(C)=CCn1c(Cl)nc2c1c(=O)n(Cc1ccncc1)c(=O)n2C. The summed E-state index contributed by atoms with van der Waals surface area (Å²) < 4.78 is 4.16. The first kappa shape index (κ1) is 17.2. The van der Waals surface area contributed by atoms with Crippen molar-refractivity contribution >= 4 is 22.8 Å². The van der Waals surface area contributed by atoms with Crippen molar-refractivity contribution in [1.82, 2.24) is 23.7 Å². The molecule has 7 nitrogen and oxygen atoms in total. The first-order chi connectivity index (χ1) is 11.9. The van der Waals surface area contributed by atoms with Gasteiger partial charge in [-0.25, -0.2) is 4.79 Å². The van der Waals surface area contributed by atoms with E-state index in [1.807, 2.05) is 19.9 Å². The van der Waals surface area contributed by atoms with Crippen molar-refractivity contribution in [3.63, 3.8) is 0 Å². The number of pyridine rings is 1. The summed E-state index contributed by atoms with van der Waals surface area (Å²) in [6.45, 7) is 4.50. The Morgan fingerprint density at radius 3 is 2.52 bits per heavy atom. The summed E-state index contributed by atoms with van der Waals surface area (Å²) in [5.41, 5.74) is 1.68. The number of hydrogen-bond donors (Lipinski definition) is 0. The maximum absolute atomic E-state index is 13.0. The molecule has 0 saturated heterocycles. The molecule has 0 saturated carbocycles. The first-order valence-electron chi connectivity index (χ1n) is 7.78. The monoisotopic (exact) mass is 359 g/mol. The van der Waals surface area contributed by atoms with Crippen LogP contribution < -0.4 is 11.2 Å². The van der Waals surface area contributed by atoms with E-state index >= 15 is 0 Å². The fraction of sp³-hybridized carbons (Fsp3) is 0.294. The molecule has 130 valence electrons. The standard InChI is InChI=1S/C17H18ClN5O2/c1-11(2)6-9-22-13-14(20-16(22)18)21(3)17(25)23(15(13)24)10-12-4-7-19-8-5-12/h4-8H,9-10H2,1-3H3. The van der Waals surface area contributed by atoms with E-state index in [4.69, 9.17) is 11.6 Å². The molecule has 0 N–H and O–H groups in total. The number of hydrogen-bond acceptors (Lipinski definition) is 4. The Hall–Kier alpha value is -2.67. The van der Waals surface area contributed by atoms with Gasteiger partial charge in [0.05, 0.1) is 6.54 Å². The quantitative estimate of drug-likeness (QED) is 0.527. The van der Waals surface area contributed by atoms with Crippen LogP contribution in [0.2, 0.25) is 5.28 Å². The molecular formula is C17H18ClN5O2. The van der Waals surface area contributed by atoms with Gasteiger partial charge >= 0.3 is 5.69 Å². The summed E-state index contributed by atoms with van der Waals surface area (Å²) >= 11 is 6.21. The largest absolute Gasteiger partial charge is 0.332 e. The predicted molar refractivity (Wildman–Crippen MR) is 97.0 cm³/mol. The Morgan fingerprint density at radius 1 is 1.20 bits per heavy atom. The van der Waals surface area contributed by atoms with Crippen molar-refractivity contribution in [2.75, 3.05) is 0 Å². The number of rotatable bonds is 4. The van der Waals surface area contributed by atoms with Crippen LogP contribution in [0, 0.1) is 0 Å². The molecule has 0 bridgehead atoms. The van der Waals surface area contributed by atoms with Gasteiger partial charge in [0.15, 0.2) is 11.2 Å². The minimum atomic E-state index is -0.433. The maximum atomic E-state index is 13.0. The molecule has 0 aromatic carbocycles. The molecule has 8 heteroatoms. The number of halogens is 1. The van der Waals surface area contributed by atoms with Crippen LogP contribution in [-0.4, -0.2) is 23.7 Å². The lowest BCUT2D eigenvalue weighted by molar-refractivity contribution is 0.653.